The number of sulfonamides is 1. The Labute approximate surface area is 162 Å². The van der Waals surface area contributed by atoms with Gasteiger partial charge in [0.15, 0.2) is 0 Å². The zero-order valence-corrected chi connectivity index (χ0v) is 16.3. The van der Waals surface area contributed by atoms with Gasteiger partial charge in [-0.05, 0) is 25.0 Å². The van der Waals surface area contributed by atoms with Crippen LogP contribution in [0.3, 0.4) is 0 Å². The monoisotopic (exact) mass is 420 g/mol. The summed E-state index contributed by atoms with van der Waals surface area (Å²) in [6.45, 7) is 1.63. The standard InChI is InChI=1S/C17H23F3N4O3S/c1-28(26,27)24-10-8-22(9-11-24)16(25)13-4-3-7-23(12-13)15-14(17(18,19)20)5-2-6-21-15/h2,5-6,13H,3-4,7-12H2,1H3. The number of rotatable bonds is 3. The number of nitrogens with zero attached hydrogens (tertiary/aromatic N) is 4. The van der Waals surface area contributed by atoms with Crippen LogP contribution in [0.4, 0.5) is 19.0 Å². The van der Waals surface area contributed by atoms with Gasteiger partial charge in [0.25, 0.3) is 0 Å². The molecule has 3 rings (SSSR count). The third-order valence-electron chi connectivity index (χ3n) is 5.18. The van der Waals surface area contributed by atoms with Crippen LogP contribution < -0.4 is 4.90 Å². The average molecular weight is 420 g/mol. The zero-order chi connectivity index (χ0) is 20.5. The molecule has 2 fully saturated rings. The number of piperazine rings is 1. The van der Waals surface area contributed by atoms with Crippen LogP contribution in [0.15, 0.2) is 18.3 Å². The van der Waals surface area contributed by atoms with E-state index in [0.29, 0.717) is 32.5 Å². The van der Waals surface area contributed by atoms with Gasteiger partial charge < -0.3 is 9.80 Å². The second-order valence-corrected chi connectivity index (χ2v) is 9.13. The summed E-state index contributed by atoms with van der Waals surface area (Å²) in [6.07, 6.45) is -0.874. The van der Waals surface area contributed by atoms with Gasteiger partial charge in [0.1, 0.15) is 5.82 Å². The summed E-state index contributed by atoms with van der Waals surface area (Å²) < 4.78 is 64.4. The first-order valence-electron chi connectivity index (χ1n) is 9.08. The third kappa shape index (κ3) is 4.57. The lowest BCUT2D eigenvalue weighted by Gasteiger charge is -2.39. The Balaban J connectivity index is 1.69. The first-order chi connectivity index (χ1) is 13.1. The Hall–Kier alpha value is -1.88. The number of halogens is 3. The Morgan fingerprint density at radius 1 is 1.18 bits per heavy atom. The predicted octanol–water partition coefficient (Wildman–Crippen LogP) is 1.42. The van der Waals surface area contributed by atoms with Crippen LogP contribution in [0.5, 0.6) is 0 Å². The quantitative estimate of drug-likeness (QED) is 0.740. The zero-order valence-electron chi connectivity index (χ0n) is 15.5. The molecule has 0 N–H and O–H groups in total. The lowest BCUT2D eigenvalue weighted by atomic mass is 9.95. The normalized spacial score (nSPS) is 22.4. The fraction of sp³-hybridized carbons (Fsp3) is 0.647. The number of hydrogen-bond donors (Lipinski definition) is 0. The van der Waals surface area contributed by atoms with Crippen LogP contribution in [-0.2, 0) is 21.0 Å². The van der Waals surface area contributed by atoms with E-state index in [1.807, 2.05) is 0 Å². The van der Waals surface area contributed by atoms with E-state index in [-0.39, 0.29) is 31.4 Å². The van der Waals surface area contributed by atoms with Crippen molar-refractivity contribution in [1.29, 1.82) is 0 Å². The highest BCUT2D eigenvalue weighted by Crippen LogP contribution is 2.36. The Bertz CT molecular complexity index is 823. The fourth-order valence-corrected chi connectivity index (χ4v) is 4.57. The highest BCUT2D eigenvalue weighted by atomic mass is 32.2. The van der Waals surface area contributed by atoms with Crippen LogP contribution in [-0.4, -0.2) is 74.0 Å². The molecule has 1 atom stereocenters. The van der Waals surface area contributed by atoms with Crippen LogP contribution in [0, 0.1) is 5.92 Å². The number of alkyl halides is 3. The van der Waals surface area contributed by atoms with E-state index in [0.717, 1.165) is 12.3 Å². The first-order valence-corrected chi connectivity index (χ1v) is 10.9. The number of piperidine rings is 1. The van der Waals surface area contributed by atoms with E-state index in [4.69, 9.17) is 0 Å². The highest BCUT2D eigenvalue weighted by molar-refractivity contribution is 7.88. The average Bonchev–Trinajstić information content (AvgIpc) is 2.66. The first kappa shape index (κ1) is 20.8. The molecule has 2 aliphatic heterocycles. The maximum Gasteiger partial charge on any atom is 0.419 e. The van der Waals surface area contributed by atoms with Gasteiger partial charge in [0.2, 0.25) is 15.9 Å². The smallest absolute Gasteiger partial charge is 0.355 e. The minimum atomic E-state index is -4.51. The van der Waals surface area contributed by atoms with Crippen molar-refractivity contribution in [3.05, 3.63) is 23.9 Å². The van der Waals surface area contributed by atoms with Gasteiger partial charge >= 0.3 is 6.18 Å². The largest absolute Gasteiger partial charge is 0.419 e. The molecule has 0 radical (unpaired) electrons. The highest BCUT2D eigenvalue weighted by Gasteiger charge is 2.38. The molecule has 0 bridgehead atoms. The van der Waals surface area contributed by atoms with E-state index in [2.05, 4.69) is 4.98 Å². The summed E-state index contributed by atoms with van der Waals surface area (Å²) in [4.78, 5) is 19.9. The Kier molecular flexibility index (Phi) is 5.85. The van der Waals surface area contributed by atoms with Gasteiger partial charge in [-0.25, -0.2) is 13.4 Å². The van der Waals surface area contributed by atoms with Crippen molar-refractivity contribution in [2.45, 2.75) is 19.0 Å². The second-order valence-electron chi connectivity index (χ2n) is 7.14. The molecule has 0 aromatic carbocycles. The van der Waals surface area contributed by atoms with Gasteiger partial charge in [0.05, 0.1) is 17.7 Å². The molecular weight excluding hydrogens is 397 g/mol. The number of aromatic nitrogens is 1. The van der Waals surface area contributed by atoms with Crippen LogP contribution in [0.25, 0.3) is 0 Å². The van der Waals surface area contributed by atoms with Gasteiger partial charge in [-0.3, -0.25) is 4.79 Å². The molecule has 11 heteroatoms. The molecule has 3 heterocycles. The van der Waals surface area contributed by atoms with Gasteiger partial charge in [-0.15, -0.1) is 0 Å². The molecule has 7 nitrogen and oxygen atoms in total. The van der Waals surface area contributed by atoms with Crippen LogP contribution >= 0.6 is 0 Å². The molecule has 28 heavy (non-hydrogen) atoms. The summed E-state index contributed by atoms with van der Waals surface area (Å²) in [7, 11) is -3.29. The summed E-state index contributed by atoms with van der Waals surface area (Å²) in [5, 5.41) is 0. The summed E-state index contributed by atoms with van der Waals surface area (Å²) in [5.74, 6) is -0.710. The Morgan fingerprint density at radius 3 is 2.46 bits per heavy atom. The SMILES string of the molecule is CS(=O)(=O)N1CCN(C(=O)C2CCCN(c3ncccc3C(F)(F)F)C2)CC1. The van der Waals surface area contributed by atoms with Crippen molar-refractivity contribution in [3.8, 4) is 0 Å². The molecule has 2 aliphatic rings. The van der Waals surface area contributed by atoms with Crippen molar-refractivity contribution in [3.63, 3.8) is 0 Å². The topological polar surface area (TPSA) is 73.8 Å². The molecule has 0 aliphatic carbocycles. The lowest BCUT2D eigenvalue weighted by molar-refractivity contribution is -0.137. The minimum absolute atomic E-state index is 0.137. The number of carbonyl (C=O) groups is 1. The van der Waals surface area contributed by atoms with E-state index in [1.165, 1.54) is 21.5 Å². The number of amides is 1. The maximum absolute atomic E-state index is 13.3. The van der Waals surface area contributed by atoms with Crippen molar-refractivity contribution < 1.29 is 26.4 Å². The van der Waals surface area contributed by atoms with E-state index in [9.17, 15) is 26.4 Å². The predicted molar refractivity (Wildman–Crippen MR) is 97.2 cm³/mol. The molecule has 1 aromatic rings. The number of carbonyl (C=O) groups excluding carboxylic acids is 1. The van der Waals surface area contributed by atoms with Crippen molar-refractivity contribution >= 4 is 21.7 Å². The Morgan fingerprint density at radius 2 is 1.86 bits per heavy atom. The van der Waals surface area contributed by atoms with Gasteiger partial charge in [-0.1, -0.05) is 0 Å². The van der Waals surface area contributed by atoms with Crippen molar-refractivity contribution in [1.82, 2.24) is 14.2 Å². The van der Waals surface area contributed by atoms with Crippen LogP contribution in [0.1, 0.15) is 18.4 Å². The molecule has 1 aromatic heterocycles. The fourth-order valence-electron chi connectivity index (χ4n) is 3.74. The number of hydrogen-bond acceptors (Lipinski definition) is 5. The van der Waals surface area contributed by atoms with Gasteiger partial charge in [0, 0.05) is 45.5 Å². The molecule has 0 spiro atoms. The maximum atomic E-state index is 13.3. The second kappa shape index (κ2) is 7.86. The minimum Gasteiger partial charge on any atom is -0.355 e. The molecule has 156 valence electrons. The summed E-state index contributed by atoms with van der Waals surface area (Å²) in [6, 6.07) is 2.25. The summed E-state index contributed by atoms with van der Waals surface area (Å²) in [5.41, 5.74) is -0.801. The van der Waals surface area contributed by atoms with Crippen molar-refractivity contribution in [2.24, 2.45) is 5.92 Å². The van der Waals surface area contributed by atoms with E-state index < -0.39 is 27.7 Å². The number of anilines is 1. The van der Waals surface area contributed by atoms with E-state index >= 15 is 0 Å². The molecule has 1 unspecified atom stereocenters. The van der Waals surface area contributed by atoms with E-state index in [1.54, 1.807) is 4.90 Å². The molecule has 2 saturated heterocycles. The lowest BCUT2D eigenvalue weighted by Crippen LogP contribution is -2.53. The molecular formula is C17H23F3N4O3S. The molecule has 0 saturated carbocycles. The van der Waals surface area contributed by atoms with Crippen molar-refractivity contribution in [2.75, 3.05) is 50.4 Å². The van der Waals surface area contributed by atoms with Gasteiger partial charge in [-0.2, -0.15) is 17.5 Å². The third-order valence-corrected chi connectivity index (χ3v) is 6.48. The molecule has 1 amide bonds. The summed E-state index contributed by atoms with van der Waals surface area (Å²) >= 11 is 0. The number of pyridine rings is 1. The van der Waals surface area contributed by atoms with Crippen LogP contribution in [0.2, 0.25) is 0 Å².